The molecule has 3 rings (SSSR count). The second-order valence-corrected chi connectivity index (χ2v) is 21.7. The van der Waals surface area contributed by atoms with Gasteiger partial charge in [-0.15, -0.1) is 0 Å². The number of amides is 1. The molecule has 0 radical (unpaired) electrons. The highest BCUT2D eigenvalue weighted by atomic mass is 16.3. The Morgan fingerprint density at radius 2 is 0.764 bits per heavy atom. The summed E-state index contributed by atoms with van der Waals surface area (Å²) in [6.07, 6.45) is 56.1. The zero-order chi connectivity index (χ0) is 51.9. The van der Waals surface area contributed by atoms with E-state index in [1.54, 1.807) is 18.2 Å². The number of nitrogens with zero attached hydrogens (tertiary/aromatic N) is 1. The third kappa shape index (κ3) is 25.9. The first kappa shape index (κ1) is 62.5. The van der Waals surface area contributed by atoms with Crippen molar-refractivity contribution in [3.05, 3.63) is 64.3 Å². The minimum absolute atomic E-state index is 0.0903. The molecule has 0 saturated carbocycles. The number of unbranched alkanes of at least 4 members (excludes halogenated alkanes) is 38. The van der Waals surface area contributed by atoms with Crippen LogP contribution in [0, 0.1) is 0 Å². The molecule has 408 valence electrons. The Labute approximate surface area is 440 Å². The monoisotopic (exact) mass is 1000 g/mol. The molecule has 1 aromatic rings. The Morgan fingerprint density at radius 1 is 0.431 bits per heavy atom. The van der Waals surface area contributed by atoms with Gasteiger partial charge in [0.1, 0.15) is 36.1 Å². The normalized spacial score (nSPS) is 13.8. The smallest absolute Gasteiger partial charge is 0.224 e. The van der Waals surface area contributed by atoms with Crippen molar-refractivity contribution >= 4 is 28.7 Å². The first-order chi connectivity index (χ1) is 35.2. The van der Waals surface area contributed by atoms with Crippen LogP contribution in [0.2, 0.25) is 0 Å². The predicted octanol–water partition coefficient (Wildman–Crippen LogP) is 19.3. The van der Waals surface area contributed by atoms with E-state index < -0.39 is 11.5 Å². The number of ketones is 1. The summed E-state index contributed by atoms with van der Waals surface area (Å²) < 4.78 is 2.26. The lowest BCUT2D eigenvalue weighted by molar-refractivity contribution is -0.527. The van der Waals surface area contributed by atoms with Crippen LogP contribution in [0.3, 0.4) is 0 Å². The van der Waals surface area contributed by atoms with E-state index in [0.717, 1.165) is 58.0 Å². The largest absolute Gasteiger partial charge is 0.507 e. The number of hydrogen-bond acceptors (Lipinski definition) is 6. The molecule has 0 heterocycles. The molecular weight excluding hydrogens is 893 g/mol. The number of aromatic hydroxyl groups is 1. The highest BCUT2D eigenvalue weighted by molar-refractivity contribution is 6.40. The number of aliphatic hydroxyl groups excluding tert-OH is 3. The number of allylic oxidation sites excluding steroid dienone is 4. The molecule has 2 aliphatic carbocycles. The van der Waals surface area contributed by atoms with Crippen molar-refractivity contribution in [1.29, 1.82) is 0 Å². The van der Waals surface area contributed by atoms with E-state index in [1.165, 1.54) is 230 Å². The van der Waals surface area contributed by atoms with Crippen molar-refractivity contribution < 1.29 is 34.6 Å². The van der Waals surface area contributed by atoms with Crippen LogP contribution < -0.4 is 5.32 Å². The van der Waals surface area contributed by atoms with Crippen LogP contribution in [0.1, 0.15) is 296 Å². The zero-order valence-electron chi connectivity index (χ0n) is 46.6. The lowest BCUT2D eigenvalue weighted by atomic mass is 9.79. The average molecular weight is 1000 g/mol. The van der Waals surface area contributed by atoms with Crippen molar-refractivity contribution in [2.75, 3.05) is 18.4 Å². The molecule has 1 amide bonds. The van der Waals surface area contributed by atoms with Crippen LogP contribution in [-0.2, 0) is 9.59 Å². The number of rotatable bonds is 46. The predicted molar refractivity (Wildman–Crippen MR) is 306 cm³/mol. The van der Waals surface area contributed by atoms with Gasteiger partial charge in [0.25, 0.3) is 0 Å². The van der Waals surface area contributed by atoms with Gasteiger partial charge in [0, 0.05) is 36.6 Å². The van der Waals surface area contributed by atoms with E-state index in [0.29, 0.717) is 17.8 Å². The summed E-state index contributed by atoms with van der Waals surface area (Å²) in [6.45, 7) is 8.43. The second kappa shape index (κ2) is 40.6. The molecule has 0 saturated heterocycles. The number of carbonyl (C=O) groups is 2. The van der Waals surface area contributed by atoms with Gasteiger partial charge in [0.2, 0.25) is 17.4 Å². The molecule has 0 aliphatic heterocycles. The Morgan fingerprint density at radius 3 is 1.10 bits per heavy atom. The van der Waals surface area contributed by atoms with Crippen LogP contribution in [-0.4, -0.2) is 55.5 Å². The number of carbonyl (C=O) groups excluding carboxylic acids is 2. The van der Waals surface area contributed by atoms with Gasteiger partial charge in [0.05, 0.1) is 28.9 Å². The zero-order valence-corrected chi connectivity index (χ0v) is 46.6. The number of benzene rings is 1. The molecule has 8 nitrogen and oxygen atoms in total. The summed E-state index contributed by atoms with van der Waals surface area (Å²) in [6, 6.07) is 4.50. The second-order valence-electron chi connectivity index (χ2n) is 21.7. The van der Waals surface area contributed by atoms with Crippen LogP contribution in [0.25, 0.3) is 5.57 Å². The number of Topliss-reactive ketones (excluding diaryl/α,β-unsaturated/α-hetero) is 1. The molecule has 5 N–H and O–H groups in total. The molecular formula is C64H107N2O6+. The van der Waals surface area contributed by atoms with Gasteiger partial charge in [-0.1, -0.05) is 252 Å². The number of anilines is 1. The van der Waals surface area contributed by atoms with Crippen LogP contribution >= 0.6 is 0 Å². The number of phenolic OH excluding ortho intramolecular Hbond substituents is 1. The van der Waals surface area contributed by atoms with Crippen molar-refractivity contribution in [3.63, 3.8) is 0 Å². The van der Waals surface area contributed by atoms with E-state index in [1.807, 2.05) is 0 Å². The number of aliphatic hydroxyl groups is 3. The minimum atomic E-state index is -0.581. The van der Waals surface area contributed by atoms with Crippen LogP contribution in [0.15, 0.2) is 58.8 Å². The summed E-state index contributed by atoms with van der Waals surface area (Å²) in [4.78, 5) is 26.4. The third-order valence-electron chi connectivity index (χ3n) is 15.2. The van der Waals surface area contributed by atoms with E-state index in [9.17, 15) is 30.0 Å². The Bertz CT molecular complexity index is 1760. The number of hydrogen-bond donors (Lipinski definition) is 5. The van der Waals surface area contributed by atoms with E-state index in [2.05, 4.69) is 30.7 Å². The van der Waals surface area contributed by atoms with E-state index in [-0.39, 0.29) is 45.5 Å². The van der Waals surface area contributed by atoms with Gasteiger partial charge in [-0.3, -0.25) is 9.59 Å². The summed E-state index contributed by atoms with van der Waals surface area (Å²) in [5.74, 6) is -1.89. The lowest BCUT2D eigenvalue weighted by Crippen LogP contribution is -2.27. The summed E-state index contributed by atoms with van der Waals surface area (Å²) in [7, 11) is 0. The standard InChI is InChI=1S/C64H106N2O6/c1-4-7-10-13-16-19-22-25-28-31-34-37-40-43-48-66(49-44-41-38-35-32-29-26-23-20-17-14-11-8-5-2)54-51-57(68)61(58(69)52-54)62-63(71)60(64(62)72)55-47-46-53(50-56(55)67)65-59(70)45-42-39-36-33-30-27-24-21-18-15-12-9-6-3/h46-47,50-52H,4-45,48-49H2,1-3H3,(H4,65,67,68,69,70,71,72)/p+1. The minimum Gasteiger partial charge on any atom is -0.507 e. The molecule has 72 heavy (non-hydrogen) atoms. The molecule has 0 spiro atoms. The summed E-state index contributed by atoms with van der Waals surface area (Å²) in [5.41, 5.74) is 0.872. The van der Waals surface area contributed by atoms with Crippen molar-refractivity contribution in [2.24, 2.45) is 0 Å². The highest BCUT2D eigenvalue weighted by Crippen LogP contribution is 2.44. The lowest BCUT2D eigenvalue weighted by Gasteiger charge is -2.26. The molecule has 0 aromatic heterocycles. The fourth-order valence-electron chi connectivity index (χ4n) is 10.6. The maximum atomic E-state index is 13.7. The van der Waals surface area contributed by atoms with Gasteiger partial charge in [0.15, 0.2) is 0 Å². The third-order valence-corrected chi connectivity index (χ3v) is 15.2. The fourth-order valence-corrected chi connectivity index (χ4v) is 10.6. The van der Waals surface area contributed by atoms with Gasteiger partial charge in [-0.2, -0.15) is 0 Å². The summed E-state index contributed by atoms with van der Waals surface area (Å²) in [5, 5.41) is 47.9. The first-order valence-corrected chi connectivity index (χ1v) is 30.5. The van der Waals surface area contributed by atoms with Gasteiger partial charge >= 0.3 is 0 Å². The van der Waals surface area contributed by atoms with Gasteiger partial charge < -0.3 is 25.7 Å². The molecule has 0 fully saturated rings. The van der Waals surface area contributed by atoms with Crippen molar-refractivity contribution in [1.82, 2.24) is 0 Å². The van der Waals surface area contributed by atoms with E-state index in [4.69, 9.17) is 0 Å². The van der Waals surface area contributed by atoms with Crippen LogP contribution in [0.4, 0.5) is 5.69 Å². The van der Waals surface area contributed by atoms with Crippen LogP contribution in [0.5, 0.6) is 5.75 Å². The Hall–Kier alpha value is -3.81. The highest BCUT2D eigenvalue weighted by Gasteiger charge is 2.41. The number of phenols is 1. The molecule has 1 aromatic carbocycles. The molecule has 0 unspecified atom stereocenters. The molecule has 0 atom stereocenters. The fraction of sp³-hybridized carbons (Fsp3) is 0.734. The molecule has 2 aliphatic rings. The molecule has 0 bridgehead atoms. The van der Waals surface area contributed by atoms with Crippen molar-refractivity contribution in [3.8, 4) is 5.75 Å². The Balaban J connectivity index is 1.53. The quantitative estimate of drug-likeness (QED) is 0.0251. The van der Waals surface area contributed by atoms with Gasteiger partial charge in [-0.05, 0) is 31.4 Å². The maximum Gasteiger partial charge on any atom is 0.224 e. The topological polar surface area (TPSA) is 130 Å². The van der Waals surface area contributed by atoms with Gasteiger partial charge in [-0.25, -0.2) is 4.58 Å². The number of nitrogens with one attached hydrogen (secondary N) is 1. The summed E-state index contributed by atoms with van der Waals surface area (Å²) >= 11 is 0. The van der Waals surface area contributed by atoms with Crippen molar-refractivity contribution in [2.45, 2.75) is 290 Å². The first-order valence-electron chi connectivity index (χ1n) is 30.5. The maximum absolute atomic E-state index is 13.7. The van der Waals surface area contributed by atoms with E-state index >= 15 is 0 Å². The average Bonchev–Trinajstić information content (AvgIpc) is 3.36. The Kier molecular flexibility index (Phi) is 35.2. The SMILES string of the molecule is CCCCCCCCCCCCCCCC[N+](CCCCCCCCCCCCCCCC)=C1C=C(O)C(=C2C(=O)C(c3ccc(NC(=O)CCCCCCCCCCCCCCC)cc3O)=C2O)C(O)=C1. The molecule has 8 heteroatoms.